The number of aromatic hydroxyl groups is 1. The predicted molar refractivity (Wildman–Crippen MR) is 174 cm³/mol. The number of allylic oxidation sites excluding steroid dienone is 6. The Kier molecular flexibility index (Phi) is 7.91. The lowest BCUT2D eigenvalue weighted by Gasteiger charge is -2.56. The summed E-state index contributed by atoms with van der Waals surface area (Å²) in [5, 5.41) is 23.4. The van der Waals surface area contributed by atoms with Crippen LogP contribution in [0.5, 0.6) is 17.2 Å². The quantitative estimate of drug-likeness (QED) is 0.171. The molecule has 1 saturated heterocycles. The normalized spacial score (nSPS) is 32.7. The second-order valence-electron chi connectivity index (χ2n) is 15.1. The fourth-order valence-corrected chi connectivity index (χ4v) is 8.66. The molecule has 1 aromatic rings. The number of carbonyl (C=O) groups excluding carboxylic acids is 3. The molecule has 9 nitrogen and oxygen atoms in total. The number of rotatable bonds is 9. The van der Waals surface area contributed by atoms with Gasteiger partial charge in [-0.25, -0.2) is 0 Å². The largest absolute Gasteiger partial charge is 0.506 e. The Morgan fingerprint density at radius 2 is 1.72 bits per heavy atom. The van der Waals surface area contributed by atoms with Crippen LogP contribution in [0.1, 0.15) is 115 Å². The van der Waals surface area contributed by atoms with Gasteiger partial charge in [-0.15, -0.1) is 0 Å². The standard InChI is InChI=1S/C38H46O9/c1-20(2)10-9-14-36(8)18-26(40)28-31(42)29-30(41)25-16-23-17-27-35(6,7)47-37(34(23)43,15-13-22(5)44-19-39)38(25,27)46-33(29)24(32(28)45-36)12-11-21(3)4/h10-11,13,16,19,23,26-27,40,42H,9,12,14-15,17-18H2,1-8H3/b22-13-/t23-,26+,27?,36-,37-,38-/m1/s1. The molecule has 6 atom stereocenters. The summed E-state index contributed by atoms with van der Waals surface area (Å²) in [5.41, 5.74) is -1.54. The number of hydrogen-bond donors (Lipinski definition) is 2. The van der Waals surface area contributed by atoms with E-state index in [1.165, 1.54) is 5.57 Å². The highest BCUT2D eigenvalue weighted by atomic mass is 16.6. The highest BCUT2D eigenvalue weighted by Crippen LogP contribution is 2.69. The highest BCUT2D eigenvalue weighted by molar-refractivity contribution is 6.18. The van der Waals surface area contributed by atoms with Crippen LogP contribution in [-0.2, 0) is 25.5 Å². The molecule has 0 radical (unpaired) electrons. The topological polar surface area (TPSA) is 129 Å². The van der Waals surface area contributed by atoms with E-state index in [9.17, 15) is 24.6 Å². The fourth-order valence-electron chi connectivity index (χ4n) is 8.66. The van der Waals surface area contributed by atoms with E-state index in [1.807, 2.05) is 54.5 Å². The minimum Gasteiger partial charge on any atom is -0.506 e. The second kappa shape index (κ2) is 11.2. The minimum atomic E-state index is -1.59. The van der Waals surface area contributed by atoms with Gasteiger partial charge in [-0.05, 0) is 87.1 Å². The van der Waals surface area contributed by atoms with Crippen molar-refractivity contribution in [2.75, 3.05) is 0 Å². The third kappa shape index (κ3) is 4.83. The summed E-state index contributed by atoms with van der Waals surface area (Å²) in [7, 11) is 0. The molecule has 3 heterocycles. The third-order valence-electron chi connectivity index (χ3n) is 10.8. The molecule has 1 spiro atoms. The summed E-state index contributed by atoms with van der Waals surface area (Å²) >= 11 is 0. The van der Waals surface area contributed by atoms with E-state index in [0.29, 0.717) is 42.8 Å². The van der Waals surface area contributed by atoms with Gasteiger partial charge in [0.1, 0.15) is 34.2 Å². The molecule has 1 unspecified atom stereocenters. The van der Waals surface area contributed by atoms with E-state index in [1.54, 1.807) is 19.1 Å². The number of ether oxygens (including phenoxy) is 4. The first-order chi connectivity index (χ1) is 22.0. The zero-order valence-electron chi connectivity index (χ0n) is 28.6. The molecule has 1 saturated carbocycles. The van der Waals surface area contributed by atoms with Crippen LogP contribution in [0.3, 0.4) is 0 Å². The number of aliphatic hydroxyl groups is 1. The van der Waals surface area contributed by atoms with Crippen LogP contribution < -0.4 is 9.47 Å². The Morgan fingerprint density at radius 1 is 1.02 bits per heavy atom. The number of carbonyl (C=O) groups is 3. The van der Waals surface area contributed by atoms with Crippen molar-refractivity contribution in [3.05, 3.63) is 63.5 Å². The van der Waals surface area contributed by atoms with Crippen molar-refractivity contribution in [1.29, 1.82) is 0 Å². The molecule has 0 amide bonds. The Hall–Kier alpha value is -3.69. The molecular weight excluding hydrogens is 600 g/mol. The lowest BCUT2D eigenvalue weighted by atomic mass is 9.51. The first kappa shape index (κ1) is 33.2. The first-order valence-electron chi connectivity index (χ1n) is 16.5. The van der Waals surface area contributed by atoms with Gasteiger partial charge in [-0.1, -0.05) is 29.4 Å². The summed E-state index contributed by atoms with van der Waals surface area (Å²) < 4.78 is 25.7. The average molecular weight is 647 g/mol. The molecule has 0 aromatic heterocycles. The second-order valence-corrected chi connectivity index (χ2v) is 15.1. The van der Waals surface area contributed by atoms with Crippen LogP contribution in [0.25, 0.3) is 0 Å². The van der Waals surface area contributed by atoms with Crippen molar-refractivity contribution >= 4 is 18.0 Å². The third-order valence-corrected chi connectivity index (χ3v) is 10.8. The zero-order chi connectivity index (χ0) is 34.3. The number of benzene rings is 1. The summed E-state index contributed by atoms with van der Waals surface area (Å²) in [6.07, 6.45) is 8.73. The van der Waals surface area contributed by atoms with E-state index in [-0.39, 0.29) is 52.7 Å². The zero-order valence-corrected chi connectivity index (χ0v) is 28.6. The molecule has 47 heavy (non-hydrogen) atoms. The minimum absolute atomic E-state index is 0.0137. The lowest BCUT2D eigenvalue weighted by molar-refractivity contribution is -0.171. The maximum Gasteiger partial charge on any atom is 0.298 e. The van der Waals surface area contributed by atoms with Gasteiger partial charge >= 0.3 is 0 Å². The Morgan fingerprint density at radius 3 is 2.38 bits per heavy atom. The van der Waals surface area contributed by atoms with Crippen molar-refractivity contribution in [1.82, 2.24) is 0 Å². The van der Waals surface area contributed by atoms with Gasteiger partial charge in [-0.3, -0.25) is 14.4 Å². The molecule has 3 aliphatic carbocycles. The first-order valence-corrected chi connectivity index (χ1v) is 16.5. The molecule has 2 N–H and O–H groups in total. The van der Waals surface area contributed by atoms with E-state index < -0.39 is 40.2 Å². The van der Waals surface area contributed by atoms with Gasteiger partial charge in [0.15, 0.2) is 22.8 Å². The number of phenolic OH excluding ortho intramolecular Hbond substituents is 1. The van der Waals surface area contributed by atoms with Crippen molar-refractivity contribution in [2.24, 2.45) is 11.8 Å². The molecule has 4 bridgehead atoms. The van der Waals surface area contributed by atoms with Crippen LogP contribution in [-0.4, -0.2) is 50.7 Å². The van der Waals surface area contributed by atoms with Crippen molar-refractivity contribution in [3.63, 3.8) is 0 Å². The molecule has 2 fully saturated rings. The summed E-state index contributed by atoms with van der Waals surface area (Å²) in [6.45, 7) is 15.7. The van der Waals surface area contributed by atoms with Crippen LogP contribution in [0, 0.1) is 11.8 Å². The highest BCUT2D eigenvalue weighted by Gasteiger charge is 2.81. The number of phenols is 1. The number of ketones is 2. The summed E-state index contributed by atoms with van der Waals surface area (Å²) in [6, 6.07) is 0. The molecule has 6 aliphatic rings. The Labute approximate surface area is 276 Å². The number of fused-ring (bicyclic) bond motifs is 2. The SMILES string of the molecule is CC(C)=CCC[C@]1(C)C[C@H](O)c2c(O)c3c(c(CC=C(C)C)c2O1)O[C@]12C(=C[C@@H]4CC1C(C)(C)O[C@]2(C/C=C(/C)OC=O)C4=O)C3=O. The maximum absolute atomic E-state index is 14.8. The molecule has 252 valence electrons. The molecule has 1 aromatic carbocycles. The molecule has 7 rings (SSSR count). The summed E-state index contributed by atoms with van der Waals surface area (Å²) in [5.74, 6) is -1.23. The fraction of sp³-hybridized carbons (Fsp3) is 0.553. The maximum atomic E-state index is 14.8. The van der Waals surface area contributed by atoms with E-state index in [4.69, 9.17) is 18.9 Å². The van der Waals surface area contributed by atoms with Crippen molar-refractivity contribution in [3.8, 4) is 17.2 Å². The van der Waals surface area contributed by atoms with Gasteiger partial charge in [0.2, 0.25) is 0 Å². The molecule has 3 aliphatic heterocycles. The Bertz CT molecular complexity index is 1680. The van der Waals surface area contributed by atoms with Crippen LogP contribution in [0.15, 0.2) is 46.8 Å². The smallest absolute Gasteiger partial charge is 0.298 e. The van der Waals surface area contributed by atoms with Gasteiger partial charge in [0.25, 0.3) is 6.47 Å². The van der Waals surface area contributed by atoms with E-state index in [2.05, 4.69) is 6.08 Å². The van der Waals surface area contributed by atoms with Gasteiger partial charge in [0, 0.05) is 35.8 Å². The Balaban J connectivity index is 1.59. The lowest BCUT2D eigenvalue weighted by Crippen LogP contribution is -2.72. The van der Waals surface area contributed by atoms with Gasteiger partial charge in [-0.2, -0.15) is 0 Å². The molecular formula is C38H46O9. The van der Waals surface area contributed by atoms with Gasteiger partial charge < -0.3 is 29.2 Å². The van der Waals surface area contributed by atoms with Crippen LogP contribution >= 0.6 is 0 Å². The predicted octanol–water partition coefficient (Wildman–Crippen LogP) is 6.70. The van der Waals surface area contributed by atoms with Crippen LogP contribution in [0.4, 0.5) is 0 Å². The number of hydrogen-bond acceptors (Lipinski definition) is 9. The number of Topliss-reactive ketones (excluding diaryl/α,β-unsaturated/α-hetero) is 2. The molecule has 9 heteroatoms. The summed E-state index contributed by atoms with van der Waals surface area (Å²) in [4.78, 5) is 40.2. The average Bonchev–Trinajstić information content (AvgIpc) is 3.12. The monoisotopic (exact) mass is 646 g/mol. The van der Waals surface area contributed by atoms with Crippen molar-refractivity contribution < 1.29 is 43.5 Å². The van der Waals surface area contributed by atoms with Crippen LogP contribution in [0.2, 0.25) is 0 Å². The number of aliphatic hydroxyl groups excluding tert-OH is 1. The van der Waals surface area contributed by atoms with Gasteiger partial charge in [0.05, 0.1) is 17.3 Å². The van der Waals surface area contributed by atoms with E-state index >= 15 is 0 Å². The van der Waals surface area contributed by atoms with Crippen molar-refractivity contribution in [2.45, 2.75) is 122 Å². The van der Waals surface area contributed by atoms with E-state index in [0.717, 1.165) is 12.0 Å².